The van der Waals surface area contributed by atoms with Gasteiger partial charge in [0, 0.05) is 37.2 Å². The summed E-state index contributed by atoms with van der Waals surface area (Å²) >= 11 is 0. The van der Waals surface area contributed by atoms with Crippen LogP contribution in [0.3, 0.4) is 0 Å². The van der Waals surface area contributed by atoms with Crippen molar-refractivity contribution in [2.45, 2.75) is 51.3 Å². The van der Waals surface area contributed by atoms with Crippen LogP contribution in [0.25, 0.3) is 0 Å². The molecule has 6 heteroatoms. The van der Waals surface area contributed by atoms with E-state index in [2.05, 4.69) is 22.5 Å². The van der Waals surface area contributed by atoms with Crippen LogP contribution in [0.2, 0.25) is 0 Å². The summed E-state index contributed by atoms with van der Waals surface area (Å²) in [6, 6.07) is 7.22. The number of hydrogen-bond acceptors (Lipinski definition) is 2. The Balaban J connectivity index is 0.00000208. The van der Waals surface area contributed by atoms with Crippen molar-refractivity contribution in [1.82, 2.24) is 10.6 Å². The highest BCUT2D eigenvalue weighted by Gasteiger charge is 2.59. The lowest BCUT2D eigenvalue weighted by Gasteiger charge is -2.61. The van der Waals surface area contributed by atoms with Crippen molar-refractivity contribution in [2.24, 2.45) is 10.4 Å². The summed E-state index contributed by atoms with van der Waals surface area (Å²) in [7, 11) is 1.75. The summed E-state index contributed by atoms with van der Waals surface area (Å²) in [5.41, 5.74) is 0.931. The topological polar surface area (TPSA) is 45.6 Å². The summed E-state index contributed by atoms with van der Waals surface area (Å²) in [5.74, 6) is 0.547. The van der Waals surface area contributed by atoms with Crippen molar-refractivity contribution in [3.05, 3.63) is 35.6 Å². The van der Waals surface area contributed by atoms with Crippen LogP contribution >= 0.6 is 24.0 Å². The molecule has 0 saturated heterocycles. The van der Waals surface area contributed by atoms with Gasteiger partial charge in [-0.3, -0.25) is 4.99 Å². The number of hydrogen-bond donors (Lipinski definition) is 2. The van der Waals surface area contributed by atoms with E-state index in [1.54, 1.807) is 19.2 Å². The van der Waals surface area contributed by atoms with Crippen molar-refractivity contribution < 1.29 is 9.13 Å². The molecule has 2 unspecified atom stereocenters. The first-order chi connectivity index (χ1) is 11.2. The standard InChI is InChI=1S/C18H26FN3O.HI/c1-3-23-16-11-15(18(16)9-6-10-18)22-17(20-2)21-12-13-7-4-5-8-14(13)19;/h4-5,7-8,15-16H,3,6,9-12H2,1-2H3,(H2,20,21,22);1H. The van der Waals surface area contributed by atoms with Crippen LogP contribution in [-0.2, 0) is 11.3 Å². The van der Waals surface area contributed by atoms with Gasteiger partial charge in [-0.25, -0.2) is 4.39 Å². The van der Waals surface area contributed by atoms with Crippen LogP contribution < -0.4 is 10.6 Å². The van der Waals surface area contributed by atoms with E-state index in [9.17, 15) is 4.39 Å². The summed E-state index contributed by atoms with van der Waals surface area (Å²) in [5, 5.41) is 6.73. The number of nitrogens with zero attached hydrogens (tertiary/aromatic N) is 1. The minimum Gasteiger partial charge on any atom is -0.378 e. The van der Waals surface area contributed by atoms with Gasteiger partial charge in [-0.2, -0.15) is 0 Å². The normalized spacial score (nSPS) is 24.5. The number of ether oxygens (including phenoxy) is 1. The highest BCUT2D eigenvalue weighted by molar-refractivity contribution is 14.0. The quantitative estimate of drug-likeness (QED) is 0.413. The van der Waals surface area contributed by atoms with E-state index < -0.39 is 0 Å². The van der Waals surface area contributed by atoms with E-state index in [0.29, 0.717) is 24.3 Å². The van der Waals surface area contributed by atoms with Gasteiger partial charge < -0.3 is 15.4 Å². The Morgan fingerprint density at radius 2 is 2.12 bits per heavy atom. The van der Waals surface area contributed by atoms with Gasteiger partial charge >= 0.3 is 0 Å². The van der Waals surface area contributed by atoms with Crippen LogP contribution in [0.4, 0.5) is 4.39 Å². The fraction of sp³-hybridized carbons (Fsp3) is 0.611. The Morgan fingerprint density at radius 3 is 2.71 bits per heavy atom. The Morgan fingerprint density at radius 1 is 1.38 bits per heavy atom. The fourth-order valence-electron chi connectivity index (χ4n) is 3.82. The maximum atomic E-state index is 13.7. The monoisotopic (exact) mass is 447 g/mol. The zero-order chi connectivity index (χ0) is 16.3. The SMILES string of the molecule is CCOC1CC(NC(=NC)NCc2ccccc2F)C12CCC2.I. The third-order valence-electron chi connectivity index (χ3n) is 5.38. The molecule has 134 valence electrons. The van der Waals surface area contributed by atoms with E-state index in [1.807, 2.05) is 6.07 Å². The summed E-state index contributed by atoms with van der Waals surface area (Å²) in [4.78, 5) is 4.28. The van der Waals surface area contributed by atoms with Gasteiger partial charge in [0.15, 0.2) is 5.96 Å². The second kappa shape index (κ2) is 8.47. The predicted molar refractivity (Wildman–Crippen MR) is 105 cm³/mol. The third-order valence-corrected chi connectivity index (χ3v) is 5.38. The minimum atomic E-state index is -0.189. The van der Waals surface area contributed by atoms with Gasteiger partial charge in [0.25, 0.3) is 0 Å². The van der Waals surface area contributed by atoms with Gasteiger partial charge in [-0.05, 0) is 32.3 Å². The lowest BCUT2D eigenvalue weighted by molar-refractivity contribution is -0.168. The molecule has 1 aromatic carbocycles. The van der Waals surface area contributed by atoms with E-state index in [4.69, 9.17) is 4.74 Å². The molecule has 2 aliphatic rings. The molecule has 2 atom stereocenters. The van der Waals surface area contributed by atoms with E-state index in [1.165, 1.54) is 25.3 Å². The molecular weight excluding hydrogens is 420 g/mol. The van der Waals surface area contributed by atoms with Gasteiger partial charge in [0.1, 0.15) is 5.82 Å². The Bertz CT molecular complexity index is 577. The van der Waals surface area contributed by atoms with Crippen LogP contribution in [0.1, 0.15) is 38.2 Å². The van der Waals surface area contributed by atoms with Crippen LogP contribution in [0.15, 0.2) is 29.3 Å². The Hall–Kier alpha value is -0.890. The molecule has 0 bridgehead atoms. The first-order valence-corrected chi connectivity index (χ1v) is 8.52. The highest BCUT2D eigenvalue weighted by atomic mass is 127. The Labute approximate surface area is 160 Å². The molecule has 2 fully saturated rings. The maximum absolute atomic E-state index is 13.7. The molecule has 24 heavy (non-hydrogen) atoms. The zero-order valence-corrected chi connectivity index (χ0v) is 16.7. The predicted octanol–water partition coefficient (Wildman–Crippen LogP) is 3.46. The molecule has 1 aromatic rings. The van der Waals surface area contributed by atoms with Crippen molar-refractivity contribution in [3.8, 4) is 0 Å². The summed E-state index contributed by atoms with van der Waals surface area (Å²) in [6.45, 7) is 3.27. The molecule has 0 amide bonds. The number of aliphatic imine (C=N–C) groups is 1. The molecular formula is C18H27FIN3O. The van der Waals surface area contributed by atoms with E-state index in [0.717, 1.165) is 19.0 Å². The molecule has 0 aromatic heterocycles. The largest absolute Gasteiger partial charge is 0.378 e. The number of benzene rings is 1. The van der Waals surface area contributed by atoms with Crippen molar-refractivity contribution in [2.75, 3.05) is 13.7 Å². The first kappa shape index (κ1) is 19.4. The van der Waals surface area contributed by atoms with Crippen LogP contribution in [0.5, 0.6) is 0 Å². The lowest BCUT2D eigenvalue weighted by Crippen LogP contribution is -2.68. The van der Waals surface area contributed by atoms with Crippen molar-refractivity contribution in [3.63, 3.8) is 0 Å². The molecule has 2 N–H and O–H groups in total. The average molecular weight is 447 g/mol. The smallest absolute Gasteiger partial charge is 0.191 e. The van der Waals surface area contributed by atoms with Gasteiger partial charge in [-0.15, -0.1) is 24.0 Å². The summed E-state index contributed by atoms with van der Waals surface area (Å²) < 4.78 is 19.6. The lowest BCUT2D eigenvalue weighted by atomic mass is 9.51. The second-order valence-electron chi connectivity index (χ2n) is 6.48. The number of guanidine groups is 1. The first-order valence-electron chi connectivity index (χ1n) is 8.52. The van der Waals surface area contributed by atoms with E-state index in [-0.39, 0.29) is 35.2 Å². The number of rotatable bonds is 5. The fourth-order valence-corrected chi connectivity index (χ4v) is 3.82. The third kappa shape index (κ3) is 3.69. The zero-order valence-electron chi connectivity index (χ0n) is 14.3. The van der Waals surface area contributed by atoms with Crippen molar-refractivity contribution >= 4 is 29.9 Å². The highest BCUT2D eigenvalue weighted by Crippen LogP contribution is 2.57. The molecule has 2 saturated carbocycles. The molecule has 0 aliphatic heterocycles. The summed E-state index contributed by atoms with van der Waals surface area (Å²) in [6.07, 6.45) is 5.12. The molecule has 0 heterocycles. The Kier molecular flexibility index (Phi) is 6.86. The molecule has 3 rings (SSSR count). The molecule has 4 nitrogen and oxygen atoms in total. The second-order valence-corrected chi connectivity index (χ2v) is 6.48. The van der Waals surface area contributed by atoms with Crippen LogP contribution in [0, 0.1) is 11.2 Å². The molecule has 0 radical (unpaired) electrons. The van der Waals surface area contributed by atoms with Gasteiger partial charge in [0.05, 0.1) is 6.10 Å². The van der Waals surface area contributed by atoms with Crippen LogP contribution in [-0.4, -0.2) is 31.8 Å². The average Bonchev–Trinajstić information content (AvgIpc) is 2.49. The molecule has 2 aliphatic carbocycles. The maximum Gasteiger partial charge on any atom is 0.191 e. The van der Waals surface area contributed by atoms with Gasteiger partial charge in [0.2, 0.25) is 0 Å². The molecule has 1 spiro atoms. The van der Waals surface area contributed by atoms with E-state index >= 15 is 0 Å². The van der Waals surface area contributed by atoms with Gasteiger partial charge in [-0.1, -0.05) is 24.6 Å². The number of halogens is 2. The number of nitrogens with one attached hydrogen (secondary N) is 2. The minimum absolute atomic E-state index is 0. The van der Waals surface area contributed by atoms with Crippen molar-refractivity contribution in [1.29, 1.82) is 0 Å².